The lowest BCUT2D eigenvalue weighted by Gasteiger charge is -2.22. The summed E-state index contributed by atoms with van der Waals surface area (Å²) in [5.74, 6) is -2.54. The zero-order valence-corrected chi connectivity index (χ0v) is 13.6. The zero-order valence-electron chi connectivity index (χ0n) is 13.6. The van der Waals surface area contributed by atoms with Gasteiger partial charge >= 0.3 is 0 Å². The van der Waals surface area contributed by atoms with Crippen LogP contribution in [0.2, 0.25) is 0 Å². The summed E-state index contributed by atoms with van der Waals surface area (Å²) in [6, 6.07) is 4.94. The van der Waals surface area contributed by atoms with Gasteiger partial charge in [0.05, 0.1) is 11.4 Å². The number of ketones is 1. The number of primary amides is 1. The lowest BCUT2D eigenvalue weighted by molar-refractivity contribution is -0.115. The van der Waals surface area contributed by atoms with E-state index in [0.717, 1.165) is 11.6 Å². The average molecular weight is 329 g/mol. The molecule has 1 amide bonds. The van der Waals surface area contributed by atoms with Crippen molar-refractivity contribution in [3.8, 4) is 5.75 Å². The normalized spacial score (nSPS) is 15.4. The maximum atomic E-state index is 11.8. The van der Waals surface area contributed by atoms with Gasteiger partial charge in [0.25, 0.3) is 5.91 Å². The Morgan fingerprint density at radius 1 is 1.25 bits per heavy atom. The zero-order chi connectivity index (χ0) is 18.2. The Labute approximate surface area is 139 Å². The molecule has 0 heterocycles. The highest BCUT2D eigenvalue weighted by atomic mass is 16.3. The lowest BCUT2D eigenvalue weighted by atomic mass is 9.86. The number of phenols is 1. The molecule has 24 heavy (non-hydrogen) atoms. The van der Waals surface area contributed by atoms with Crippen LogP contribution in [-0.2, 0) is 15.0 Å². The summed E-state index contributed by atoms with van der Waals surface area (Å²) in [7, 11) is 0. The molecular weight excluding hydrogens is 310 g/mol. The molecule has 0 bridgehead atoms. The number of carbonyl (C=O) groups is 2. The number of hydrogen-bond acceptors (Lipinski definition) is 6. The van der Waals surface area contributed by atoms with E-state index < -0.39 is 28.7 Å². The molecule has 0 saturated carbocycles. The standard InChI is InChI=1S/C17H19N3O4/c1-17(2,3)8-4-5-11(21)9(6-8)20-10-7-12(22)14(18)13(15(10)23)16(19)24/h4-7,18,20-21,23H,1-3H3,(H2,19,24). The molecule has 7 nitrogen and oxygen atoms in total. The second kappa shape index (κ2) is 5.84. The number of carbonyl (C=O) groups excluding carboxylic acids is 2. The highest BCUT2D eigenvalue weighted by molar-refractivity contribution is 6.54. The molecule has 1 aromatic carbocycles. The highest BCUT2D eigenvalue weighted by Gasteiger charge is 2.29. The molecule has 1 aromatic rings. The van der Waals surface area contributed by atoms with Crippen molar-refractivity contribution in [1.82, 2.24) is 0 Å². The number of benzene rings is 1. The molecule has 6 N–H and O–H groups in total. The third-order valence-electron chi connectivity index (χ3n) is 3.64. The predicted octanol–water partition coefficient (Wildman–Crippen LogP) is 1.89. The fourth-order valence-electron chi connectivity index (χ4n) is 2.23. The summed E-state index contributed by atoms with van der Waals surface area (Å²) in [6.45, 7) is 5.99. The number of aromatic hydroxyl groups is 1. The van der Waals surface area contributed by atoms with Crippen LogP contribution in [-0.4, -0.2) is 27.6 Å². The van der Waals surface area contributed by atoms with Crippen molar-refractivity contribution in [3.63, 3.8) is 0 Å². The number of aliphatic hydroxyl groups excluding tert-OH is 1. The number of aliphatic hydroxyl groups is 1. The smallest absolute Gasteiger partial charge is 0.254 e. The van der Waals surface area contributed by atoms with Crippen LogP contribution < -0.4 is 11.1 Å². The van der Waals surface area contributed by atoms with Gasteiger partial charge in [0.2, 0.25) is 5.78 Å². The number of nitrogens with one attached hydrogen (secondary N) is 2. The number of nitrogens with two attached hydrogens (primary N) is 1. The van der Waals surface area contributed by atoms with Gasteiger partial charge in [-0.1, -0.05) is 26.8 Å². The van der Waals surface area contributed by atoms with Gasteiger partial charge in [0.15, 0.2) is 5.76 Å². The summed E-state index contributed by atoms with van der Waals surface area (Å²) >= 11 is 0. The first-order valence-corrected chi connectivity index (χ1v) is 7.21. The number of allylic oxidation sites excluding steroid dienone is 1. The molecule has 1 aliphatic carbocycles. The van der Waals surface area contributed by atoms with Crippen molar-refractivity contribution in [3.05, 3.63) is 46.9 Å². The van der Waals surface area contributed by atoms with E-state index >= 15 is 0 Å². The van der Waals surface area contributed by atoms with Crippen LogP contribution in [0.1, 0.15) is 26.3 Å². The minimum atomic E-state index is -1.08. The third kappa shape index (κ3) is 3.15. The van der Waals surface area contributed by atoms with Gasteiger partial charge in [-0.3, -0.25) is 15.0 Å². The molecule has 0 fully saturated rings. The average Bonchev–Trinajstić information content (AvgIpc) is 2.45. The minimum Gasteiger partial charge on any atom is -0.506 e. The Balaban J connectivity index is 2.48. The summed E-state index contributed by atoms with van der Waals surface area (Å²) in [5, 5.41) is 30.4. The molecule has 0 aliphatic heterocycles. The topological polar surface area (TPSA) is 136 Å². The second-order valence-electron chi connectivity index (χ2n) is 6.49. The summed E-state index contributed by atoms with van der Waals surface area (Å²) in [6.07, 6.45) is 0.979. The van der Waals surface area contributed by atoms with E-state index in [9.17, 15) is 19.8 Å². The molecule has 0 unspecified atom stereocenters. The lowest BCUT2D eigenvalue weighted by Crippen LogP contribution is -2.31. The van der Waals surface area contributed by atoms with Gasteiger partial charge in [0.1, 0.15) is 17.0 Å². The molecule has 0 saturated heterocycles. The van der Waals surface area contributed by atoms with E-state index in [1.807, 2.05) is 20.8 Å². The van der Waals surface area contributed by atoms with Crippen molar-refractivity contribution in [1.29, 1.82) is 5.41 Å². The van der Waals surface area contributed by atoms with E-state index in [0.29, 0.717) is 0 Å². The van der Waals surface area contributed by atoms with E-state index in [1.54, 1.807) is 12.1 Å². The van der Waals surface area contributed by atoms with Gasteiger partial charge in [-0.15, -0.1) is 0 Å². The van der Waals surface area contributed by atoms with Crippen LogP contribution >= 0.6 is 0 Å². The van der Waals surface area contributed by atoms with E-state index in [1.165, 1.54) is 6.07 Å². The Morgan fingerprint density at radius 3 is 2.42 bits per heavy atom. The van der Waals surface area contributed by atoms with Gasteiger partial charge in [-0.05, 0) is 23.1 Å². The maximum Gasteiger partial charge on any atom is 0.254 e. The van der Waals surface area contributed by atoms with E-state index in [2.05, 4.69) is 5.32 Å². The van der Waals surface area contributed by atoms with Crippen LogP contribution in [0.4, 0.5) is 5.69 Å². The fraction of sp³-hybridized carbons (Fsp3) is 0.235. The molecule has 1 aliphatic rings. The van der Waals surface area contributed by atoms with Crippen LogP contribution in [0, 0.1) is 5.41 Å². The Hall–Kier alpha value is -3.09. The van der Waals surface area contributed by atoms with Crippen molar-refractivity contribution in [2.75, 3.05) is 5.32 Å². The van der Waals surface area contributed by atoms with Gasteiger partial charge in [0, 0.05) is 6.08 Å². The highest BCUT2D eigenvalue weighted by Crippen LogP contribution is 2.33. The molecule has 0 aromatic heterocycles. The van der Waals surface area contributed by atoms with Crippen molar-refractivity contribution >= 4 is 23.1 Å². The number of amides is 1. The Bertz CT molecular complexity index is 814. The summed E-state index contributed by atoms with van der Waals surface area (Å²) < 4.78 is 0. The van der Waals surface area contributed by atoms with Gasteiger partial charge in [-0.2, -0.15) is 0 Å². The predicted molar refractivity (Wildman–Crippen MR) is 90.1 cm³/mol. The number of phenolic OH excluding ortho intramolecular Hbond substituents is 1. The first-order valence-electron chi connectivity index (χ1n) is 7.21. The minimum absolute atomic E-state index is 0.0922. The molecule has 0 radical (unpaired) electrons. The van der Waals surface area contributed by atoms with Gasteiger partial charge < -0.3 is 21.3 Å². The molecular formula is C17H19N3O4. The summed E-state index contributed by atoms with van der Waals surface area (Å²) in [4.78, 5) is 23.2. The van der Waals surface area contributed by atoms with E-state index in [-0.39, 0.29) is 22.5 Å². The summed E-state index contributed by atoms with van der Waals surface area (Å²) in [5.41, 5.74) is 4.78. The van der Waals surface area contributed by atoms with Crippen molar-refractivity contribution in [2.24, 2.45) is 5.73 Å². The van der Waals surface area contributed by atoms with Crippen LogP contribution in [0.25, 0.3) is 0 Å². The largest absolute Gasteiger partial charge is 0.506 e. The second-order valence-corrected chi connectivity index (χ2v) is 6.49. The van der Waals surface area contributed by atoms with Crippen LogP contribution in [0.15, 0.2) is 41.3 Å². The first kappa shape index (κ1) is 17.3. The quantitative estimate of drug-likeness (QED) is 0.426. The Morgan fingerprint density at radius 2 is 1.88 bits per heavy atom. The molecule has 0 atom stereocenters. The first-order chi connectivity index (χ1) is 11.0. The monoisotopic (exact) mass is 329 g/mol. The molecule has 126 valence electrons. The maximum absolute atomic E-state index is 11.8. The van der Waals surface area contributed by atoms with Crippen LogP contribution in [0.5, 0.6) is 5.75 Å². The number of rotatable bonds is 3. The van der Waals surface area contributed by atoms with Crippen molar-refractivity contribution in [2.45, 2.75) is 26.2 Å². The van der Waals surface area contributed by atoms with Crippen molar-refractivity contribution < 1.29 is 19.8 Å². The Kier molecular flexibility index (Phi) is 4.20. The van der Waals surface area contributed by atoms with E-state index in [4.69, 9.17) is 11.1 Å². The third-order valence-corrected chi connectivity index (χ3v) is 3.64. The molecule has 7 heteroatoms. The fourth-order valence-corrected chi connectivity index (χ4v) is 2.23. The number of anilines is 1. The molecule has 0 spiro atoms. The SMILES string of the molecule is CC(C)(C)c1ccc(O)c(NC2=CC(=O)C(=N)C(C(N)=O)=C2O)c1. The van der Waals surface area contributed by atoms with Crippen LogP contribution in [0.3, 0.4) is 0 Å². The van der Waals surface area contributed by atoms with Gasteiger partial charge in [-0.25, -0.2) is 0 Å². The molecule has 2 rings (SSSR count). The number of hydrogen-bond donors (Lipinski definition) is 5.